The smallest absolute Gasteiger partial charge is 0.259 e. The van der Waals surface area contributed by atoms with Gasteiger partial charge in [0.1, 0.15) is 5.04 Å². The average Bonchev–Trinajstić information content (AvgIpc) is 2.49. The zero-order chi connectivity index (χ0) is 9.26. The van der Waals surface area contributed by atoms with Gasteiger partial charge in [0.2, 0.25) is 0 Å². The van der Waals surface area contributed by atoms with Crippen molar-refractivity contribution in [2.24, 2.45) is 4.99 Å². The minimum atomic E-state index is -0.0446. The molecule has 1 amide bonds. The highest BCUT2D eigenvalue weighted by Crippen LogP contribution is 2.25. The third-order valence-corrected chi connectivity index (χ3v) is 2.88. The zero-order valence-corrected chi connectivity index (χ0v) is 10.0. The largest absolute Gasteiger partial charge is 0.271 e. The van der Waals surface area contributed by atoms with Gasteiger partial charge in [0.25, 0.3) is 5.91 Å². The van der Waals surface area contributed by atoms with Gasteiger partial charge >= 0.3 is 0 Å². The fourth-order valence-corrected chi connectivity index (χ4v) is 1.97. The summed E-state index contributed by atoms with van der Waals surface area (Å²) in [5, 5.41) is 0.767. The summed E-state index contributed by atoms with van der Waals surface area (Å²) in [5.41, 5.74) is 0.970. The number of amides is 1. The standard InChI is InChI=1S/C9H8N2OS.BrH/c1-6-8(12)11-9(13-6)7-2-4-10-5-3-7;/h2-6H,1H3;1H. The number of hydrogen-bond donors (Lipinski definition) is 0. The number of hydrogen-bond acceptors (Lipinski definition) is 3. The minimum absolute atomic E-state index is 0. The van der Waals surface area contributed by atoms with E-state index in [2.05, 4.69) is 9.98 Å². The monoisotopic (exact) mass is 272 g/mol. The van der Waals surface area contributed by atoms with Gasteiger partial charge in [0, 0.05) is 18.0 Å². The molecule has 0 fully saturated rings. The van der Waals surface area contributed by atoms with Crippen molar-refractivity contribution < 1.29 is 4.79 Å². The van der Waals surface area contributed by atoms with Crippen LogP contribution in [0.2, 0.25) is 0 Å². The van der Waals surface area contributed by atoms with Gasteiger partial charge in [-0.2, -0.15) is 0 Å². The highest BCUT2D eigenvalue weighted by molar-refractivity contribution is 8.93. The first kappa shape index (κ1) is 11.4. The van der Waals surface area contributed by atoms with E-state index in [4.69, 9.17) is 0 Å². The van der Waals surface area contributed by atoms with Crippen molar-refractivity contribution in [1.29, 1.82) is 0 Å². The molecule has 0 aromatic carbocycles. The summed E-state index contributed by atoms with van der Waals surface area (Å²) in [4.78, 5) is 19.0. The Labute approximate surface area is 96.8 Å². The van der Waals surface area contributed by atoms with E-state index in [1.165, 1.54) is 11.8 Å². The molecule has 0 N–H and O–H groups in total. The summed E-state index contributed by atoms with van der Waals surface area (Å²) in [6.45, 7) is 1.87. The first-order valence-electron chi connectivity index (χ1n) is 3.97. The van der Waals surface area contributed by atoms with Crippen LogP contribution in [0.4, 0.5) is 0 Å². The van der Waals surface area contributed by atoms with Crippen LogP contribution in [0.1, 0.15) is 12.5 Å². The lowest BCUT2D eigenvalue weighted by Crippen LogP contribution is -2.02. The molecular weight excluding hydrogens is 264 g/mol. The predicted octanol–water partition coefficient (Wildman–Crippen LogP) is 2.07. The van der Waals surface area contributed by atoms with Gasteiger partial charge in [-0.05, 0) is 19.1 Å². The molecule has 1 unspecified atom stereocenters. The first-order valence-corrected chi connectivity index (χ1v) is 4.85. The number of carbonyl (C=O) groups is 1. The third-order valence-electron chi connectivity index (χ3n) is 1.78. The van der Waals surface area contributed by atoms with Crippen LogP contribution in [-0.2, 0) is 4.79 Å². The number of halogens is 1. The molecule has 0 saturated heterocycles. The van der Waals surface area contributed by atoms with Gasteiger partial charge in [-0.1, -0.05) is 11.8 Å². The summed E-state index contributed by atoms with van der Waals surface area (Å²) in [7, 11) is 0. The quantitative estimate of drug-likeness (QED) is 0.786. The molecule has 14 heavy (non-hydrogen) atoms. The van der Waals surface area contributed by atoms with Crippen molar-refractivity contribution >= 4 is 39.7 Å². The molecular formula is C9H9BrN2OS. The van der Waals surface area contributed by atoms with Gasteiger partial charge in [-0.3, -0.25) is 9.78 Å². The van der Waals surface area contributed by atoms with E-state index in [1.54, 1.807) is 12.4 Å². The van der Waals surface area contributed by atoms with Crippen molar-refractivity contribution in [2.75, 3.05) is 0 Å². The van der Waals surface area contributed by atoms with E-state index >= 15 is 0 Å². The third kappa shape index (κ3) is 2.22. The Morgan fingerprint density at radius 3 is 2.50 bits per heavy atom. The second kappa shape index (κ2) is 4.70. The average molecular weight is 273 g/mol. The molecule has 74 valence electrons. The fraction of sp³-hybridized carbons (Fsp3) is 0.222. The van der Waals surface area contributed by atoms with E-state index in [1.807, 2.05) is 19.1 Å². The molecule has 2 rings (SSSR count). The van der Waals surface area contributed by atoms with Crippen LogP contribution in [-0.4, -0.2) is 21.2 Å². The predicted molar refractivity (Wildman–Crippen MR) is 63.2 cm³/mol. The Bertz CT molecular complexity index is 366. The molecule has 1 aliphatic rings. The Kier molecular flexibility index (Phi) is 3.83. The molecule has 1 aromatic rings. The van der Waals surface area contributed by atoms with Gasteiger partial charge in [-0.15, -0.1) is 17.0 Å². The number of aliphatic imine (C=N–C) groups is 1. The normalized spacial score (nSPS) is 20.2. The Morgan fingerprint density at radius 1 is 1.36 bits per heavy atom. The minimum Gasteiger partial charge on any atom is -0.271 e. The number of pyridine rings is 1. The number of nitrogens with zero attached hydrogens (tertiary/aromatic N) is 2. The second-order valence-electron chi connectivity index (χ2n) is 2.75. The lowest BCUT2D eigenvalue weighted by atomic mass is 10.3. The van der Waals surface area contributed by atoms with Gasteiger partial charge in [0.15, 0.2) is 0 Å². The van der Waals surface area contributed by atoms with Crippen LogP contribution in [0.25, 0.3) is 0 Å². The SMILES string of the molecule is Br.CC1SC(c2ccncc2)=NC1=O. The molecule has 5 heteroatoms. The van der Waals surface area contributed by atoms with Crippen LogP contribution in [0.5, 0.6) is 0 Å². The van der Waals surface area contributed by atoms with E-state index in [-0.39, 0.29) is 28.1 Å². The molecule has 2 heterocycles. The lowest BCUT2D eigenvalue weighted by Gasteiger charge is -1.98. The van der Waals surface area contributed by atoms with Crippen LogP contribution < -0.4 is 0 Å². The number of thioether (sulfide) groups is 1. The Balaban J connectivity index is 0.000000980. The van der Waals surface area contributed by atoms with Crippen molar-refractivity contribution in [2.45, 2.75) is 12.2 Å². The van der Waals surface area contributed by atoms with Crippen LogP contribution in [0, 0.1) is 0 Å². The fourth-order valence-electron chi connectivity index (χ4n) is 1.06. The second-order valence-corrected chi connectivity index (χ2v) is 4.08. The summed E-state index contributed by atoms with van der Waals surface area (Å²) < 4.78 is 0. The van der Waals surface area contributed by atoms with E-state index in [0.29, 0.717) is 0 Å². The lowest BCUT2D eigenvalue weighted by molar-refractivity contribution is -0.116. The van der Waals surface area contributed by atoms with E-state index in [9.17, 15) is 4.79 Å². The maximum Gasteiger partial charge on any atom is 0.259 e. The summed E-state index contributed by atoms with van der Waals surface area (Å²) in [6.07, 6.45) is 3.40. The molecule has 0 radical (unpaired) electrons. The van der Waals surface area contributed by atoms with Gasteiger partial charge in [-0.25, -0.2) is 4.99 Å². The molecule has 0 aliphatic carbocycles. The van der Waals surface area contributed by atoms with E-state index in [0.717, 1.165) is 10.6 Å². The maximum atomic E-state index is 11.1. The topological polar surface area (TPSA) is 42.3 Å². The first-order chi connectivity index (χ1) is 6.27. The summed E-state index contributed by atoms with van der Waals surface area (Å²) >= 11 is 1.50. The molecule has 1 aromatic heterocycles. The van der Waals surface area contributed by atoms with E-state index < -0.39 is 0 Å². The van der Waals surface area contributed by atoms with Gasteiger partial charge in [0.05, 0.1) is 5.25 Å². The summed E-state index contributed by atoms with van der Waals surface area (Å²) in [6, 6.07) is 3.72. The molecule has 0 saturated carbocycles. The van der Waals surface area contributed by atoms with Gasteiger partial charge < -0.3 is 0 Å². The summed E-state index contributed by atoms with van der Waals surface area (Å²) in [5.74, 6) is -0.0446. The molecule has 0 bridgehead atoms. The van der Waals surface area contributed by atoms with Crippen molar-refractivity contribution in [3.05, 3.63) is 30.1 Å². The van der Waals surface area contributed by atoms with Crippen LogP contribution >= 0.6 is 28.7 Å². The Morgan fingerprint density at radius 2 is 2.00 bits per heavy atom. The Hall–Kier alpha value is -0.680. The maximum absolute atomic E-state index is 11.1. The van der Waals surface area contributed by atoms with Crippen molar-refractivity contribution in [3.8, 4) is 0 Å². The highest BCUT2D eigenvalue weighted by Gasteiger charge is 2.24. The molecule has 1 atom stereocenters. The van der Waals surface area contributed by atoms with Crippen LogP contribution in [0.15, 0.2) is 29.5 Å². The number of carbonyl (C=O) groups excluding carboxylic acids is 1. The molecule has 1 aliphatic heterocycles. The molecule has 3 nitrogen and oxygen atoms in total. The zero-order valence-electron chi connectivity index (χ0n) is 7.51. The highest BCUT2D eigenvalue weighted by atomic mass is 79.9. The molecule has 0 spiro atoms. The van der Waals surface area contributed by atoms with Crippen LogP contribution in [0.3, 0.4) is 0 Å². The van der Waals surface area contributed by atoms with Crippen molar-refractivity contribution in [1.82, 2.24) is 4.98 Å². The number of rotatable bonds is 1. The van der Waals surface area contributed by atoms with Crippen molar-refractivity contribution in [3.63, 3.8) is 0 Å². The number of aromatic nitrogens is 1.